The van der Waals surface area contributed by atoms with Crippen molar-refractivity contribution in [3.63, 3.8) is 0 Å². The normalized spacial score (nSPS) is 27.7. The highest BCUT2D eigenvalue weighted by atomic mass is 19.1. The zero-order chi connectivity index (χ0) is 11.6. The second-order valence-electron chi connectivity index (χ2n) is 4.82. The number of rotatable bonds is 0. The molecule has 1 amide bonds. The molecule has 0 radical (unpaired) electrons. The van der Waals surface area contributed by atoms with E-state index in [9.17, 15) is 9.18 Å². The number of likely N-dealkylation sites (tertiary alicyclic amines) is 1. The molecule has 1 aliphatic rings. The van der Waals surface area contributed by atoms with Crippen LogP contribution in [0, 0.1) is 0 Å². The van der Waals surface area contributed by atoms with Crippen molar-refractivity contribution in [2.75, 3.05) is 6.54 Å². The molecule has 0 saturated carbocycles. The van der Waals surface area contributed by atoms with Gasteiger partial charge in [-0.05, 0) is 33.6 Å². The molecule has 5 heteroatoms. The monoisotopic (exact) mass is 218 g/mol. The van der Waals surface area contributed by atoms with E-state index in [0.717, 1.165) is 0 Å². The summed E-state index contributed by atoms with van der Waals surface area (Å²) in [6.45, 7) is 5.78. The Hall–Kier alpha value is -0.840. The fraction of sp³-hybridized carbons (Fsp3) is 0.900. The number of halogens is 1. The van der Waals surface area contributed by atoms with Crippen LogP contribution in [0.3, 0.4) is 0 Å². The zero-order valence-electron chi connectivity index (χ0n) is 9.50. The summed E-state index contributed by atoms with van der Waals surface area (Å²) >= 11 is 0. The molecule has 1 fully saturated rings. The van der Waals surface area contributed by atoms with Crippen molar-refractivity contribution < 1.29 is 13.9 Å². The topological polar surface area (TPSA) is 55.6 Å². The Morgan fingerprint density at radius 3 is 2.67 bits per heavy atom. The van der Waals surface area contributed by atoms with E-state index in [0.29, 0.717) is 19.4 Å². The number of carbonyl (C=O) groups excluding carboxylic acids is 1. The summed E-state index contributed by atoms with van der Waals surface area (Å²) in [5.74, 6) is 0. The van der Waals surface area contributed by atoms with Gasteiger partial charge in [-0.3, -0.25) is 4.90 Å². The van der Waals surface area contributed by atoms with Gasteiger partial charge < -0.3 is 10.5 Å². The molecule has 2 N–H and O–H groups in total. The van der Waals surface area contributed by atoms with Crippen molar-refractivity contribution >= 4 is 6.09 Å². The van der Waals surface area contributed by atoms with E-state index >= 15 is 0 Å². The predicted molar refractivity (Wildman–Crippen MR) is 55.0 cm³/mol. The van der Waals surface area contributed by atoms with E-state index < -0.39 is 24.0 Å². The van der Waals surface area contributed by atoms with Gasteiger partial charge in [0.15, 0.2) is 0 Å². The van der Waals surface area contributed by atoms with E-state index in [1.807, 2.05) is 0 Å². The molecule has 2 unspecified atom stereocenters. The minimum atomic E-state index is -1.15. The first-order valence-corrected chi connectivity index (χ1v) is 5.20. The second kappa shape index (κ2) is 4.35. The van der Waals surface area contributed by atoms with Crippen LogP contribution >= 0.6 is 0 Å². The third-order valence-corrected chi connectivity index (χ3v) is 2.24. The third-order valence-electron chi connectivity index (χ3n) is 2.24. The molecule has 15 heavy (non-hydrogen) atoms. The van der Waals surface area contributed by atoms with Crippen molar-refractivity contribution in [2.45, 2.75) is 51.6 Å². The third kappa shape index (κ3) is 3.34. The number of nitrogens with two attached hydrogens (primary N) is 1. The maximum atomic E-state index is 13.2. The molecule has 2 atom stereocenters. The van der Waals surface area contributed by atoms with Crippen LogP contribution in [0.2, 0.25) is 0 Å². The van der Waals surface area contributed by atoms with Gasteiger partial charge in [0.1, 0.15) is 17.9 Å². The summed E-state index contributed by atoms with van der Waals surface area (Å²) in [4.78, 5) is 12.9. The largest absolute Gasteiger partial charge is 0.444 e. The fourth-order valence-corrected chi connectivity index (χ4v) is 1.51. The molecule has 1 aliphatic heterocycles. The van der Waals surface area contributed by atoms with E-state index in [4.69, 9.17) is 10.5 Å². The highest BCUT2D eigenvalue weighted by Gasteiger charge is 2.34. The Morgan fingerprint density at radius 2 is 2.13 bits per heavy atom. The maximum absolute atomic E-state index is 13.2. The molecule has 1 saturated heterocycles. The van der Waals surface area contributed by atoms with Gasteiger partial charge in [0, 0.05) is 6.54 Å². The number of nitrogens with zero attached hydrogens (tertiary/aromatic N) is 1. The average Bonchev–Trinajstić information content (AvgIpc) is 2.06. The minimum Gasteiger partial charge on any atom is -0.444 e. The zero-order valence-corrected chi connectivity index (χ0v) is 9.50. The van der Waals surface area contributed by atoms with Gasteiger partial charge in [0.05, 0.1) is 0 Å². The molecular formula is C10H19FN2O2. The maximum Gasteiger partial charge on any atom is 0.411 e. The van der Waals surface area contributed by atoms with Gasteiger partial charge in [0.2, 0.25) is 0 Å². The van der Waals surface area contributed by atoms with Crippen LogP contribution in [0.4, 0.5) is 9.18 Å². The lowest BCUT2D eigenvalue weighted by atomic mass is 10.1. The molecule has 88 valence electrons. The molecular weight excluding hydrogens is 199 g/mol. The molecule has 1 heterocycles. The van der Waals surface area contributed by atoms with Crippen molar-refractivity contribution in [3.8, 4) is 0 Å². The summed E-state index contributed by atoms with van der Waals surface area (Å²) in [6, 6.07) is 0. The summed E-state index contributed by atoms with van der Waals surface area (Å²) < 4.78 is 18.4. The Bertz CT molecular complexity index is 240. The van der Waals surface area contributed by atoms with Crippen LogP contribution in [0.15, 0.2) is 0 Å². The van der Waals surface area contributed by atoms with E-state index in [1.165, 1.54) is 4.90 Å². The first-order valence-electron chi connectivity index (χ1n) is 5.20. The Labute approximate surface area is 89.6 Å². The number of hydrogen-bond acceptors (Lipinski definition) is 3. The second-order valence-corrected chi connectivity index (χ2v) is 4.82. The van der Waals surface area contributed by atoms with E-state index in [-0.39, 0.29) is 0 Å². The number of hydrogen-bond donors (Lipinski definition) is 1. The molecule has 0 aliphatic carbocycles. The number of alkyl halides is 1. The standard InChI is InChI=1S/C10H19FN2O2/c1-10(2,3)15-9(14)13-6-4-5-7(11)8(13)12/h7-8H,4-6,12H2,1-3H3. The fourth-order valence-electron chi connectivity index (χ4n) is 1.51. The van der Waals surface area contributed by atoms with E-state index in [2.05, 4.69) is 0 Å². The summed E-state index contributed by atoms with van der Waals surface area (Å²) in [7, 11) is 0. The summed E-state index contributed by atoms with van der Waals surface area (Å²) in [6.07, 6.45) is -1.49. The van der Waals surface area contributed by atoms with Gasteiger partial charge in [-0.2, -0.15) is 0 Å². The lowest BCUT2D eigenvalue weighted by Gasteiger charge is -2.36. The molecule has 0 aromatic rings. The molecule has 1 rings (SSSR count). The van der Waals surface area contributed by atoms with Crippen LogP contribution in [0.5, 0.6) is 0 Å². The average molecular weight is 218 g/mol. The predicted octanol–water partition coefficient (Wildman–Crippen LogP) is 1.64. The van der Waals surface area contributed by atoms with Crippen molar-refractivity contribution in [1.82, 2.24) is 4.90 Å². The number of ether oxygens (including phenoxy) is 1. The molecule has 0 aromatic heterocycles. The van der Waals surface area contributed by atoms with E-state index in [1.54, 1.807) is 20.8 Å². The van der Waals surface area contributed by atoms with Crippen molar-refractivity contribution in [3.05, 3.63) is 0 Å². The van der Waals surface area contributed by atoms with Crippen LogP contribution in [-0.4, -0.2) is 35.5 Å². The first kappa shape index (κ1) is 12.2. The number of piperidine rings is 1. The Balaban J connectivity index is 2.59. The molecule has 0 aromatic carbocycles. The lowest BCUT2D eigenvalue weighted by Crippen LogP contribution is -2.55. The summed E-state index contributed by atoms with van der Waals surface area (Å²) in [5, 5.41) is 0. The SMILES string of the molecule is CC(C)(C)OC(=O)N1CCCC(F)C1N. The quantitative estimate of drug-likeness (QED) is 0.672. The van der Waals surface area contributed by atoms with Crippen molar-refractivity contribution in [1.29, 1.82) is 0 Å². The Kier molecular flexibility index (Phi) is 3.54. The number of carbonyl (C=O) groups is 1. The lowest BCUT2D eigenvalue weighted by molar-refractivity contribution is -0.00381. The van der Waals surface area contributed by atoms with Gasteiger partial charge in [-0.25, -0.2) is 9.18 Å². The first-order chi connectivity index (χ1) is 6.81. The van der Waals surface area contributed by atoms with Gasteiger partial charge >= 0.3 is 6.09 Å². The van der Waals surface area contributed by atoms with Crippen LogP contribution in [0.1, 0.15) is 33.6 Å². The van der Waals surface area contributed by atoms with Crippen LogP contribution < -0.4 is 5.73 Å². The van der Waals surface area contributed by atoms with Crippen LogP contribution in [0.25, 0.3) is 0 Å². The Morgan fingerprint density at radius 1 is 1.53 bits per heavy atom. The minimum absolute atomic E-state index is 0.417. The van der Waals surface area contributed by atoms with Gasteiger partial charge in [-0.15, -0.1) is 0 Å². The highest BCUT2D eigenvalue weighted by Crippen LogP contribution is 2.19. The summed E-state index contributed by atoms with van der Waals surface area (Å²) in [5.41, 5.74) is 5.02. The molecule has 0 bridgehead atoms. The highest BCUT2D eigenvalue weighted by molar-refractivity contribution is 5.68. The van der Waals surface area contributed by atoms with Gasteiger partial charge in [-0.1, -0.05) is 0 Å². The smallest absolute Gasteiger partial charge is 0.411 e. The van der Waals surface area contributed by atoms with Crippen molar-refractivity contribution in [2.24, 2.45) is 5.73 Å². The molecule has 0 spiro atoms. The molecule has 4 nitrogen and oxygen atoms in total. The van der Waals surface area contributed by atoms with Gasteiger partial charge in [0.25, 0.3) is 0 Å². The number of amides is 1. The van der Waals surface area contributed by atoms with Crippen LogP contribution in [-0.2, 0) is 4.74 Å².